The molecular formula is C8H8N2OS2. The third-order valence-corrected chi connectivity index (χ3v) is 3.34. The standard InChI is InChI=1S/C8H8N2OS2/c1-5(11)7-10-6(4-13-7)8-9-2-3-12-8/h2-5,11H,1H3. The molecule has 0 aliphatic heterocycles. The zero-order valence-electron chi connectivity index (χ0n) is 6.97. The summed E-state index contributed by atoms with van der Waals surface area (Å²) in [6.07, 6.45) is 1.26. The minimum atomic E-state index is -0.487. The number of nitrogens with zero attached hydrogens (tertiary/aromatic N) is 2. The van der Waals surface area contributed by atoms with Gasteiger partial charge in [-0.2, -0.15) is 0 Å². The lowest BCUT2D eigenvalue weighted by atomic mass is 10.4. The molecule has 2 rings (SSSR count). The van der Waals surface area contributed by atoms with E-state index < -0.39 is 6.10 Å². The molecule has 1 N–H and O–H groups in total. The van der Waals surface area contributed by atoms with Gasteiger partial charge in [-0.3, -0.25) is 0 Å². The first kappa shape index (κ1) is 8.80. The first-order valence-electron chi connectivity index (χ1n) is 3.80. The summed E-state index contributed by atoms with van der Waals surface area (Å²) >= 11 is 3.01. The minimum absolute atomic E-state index is 0.487. The number of aromatic nitrogens is 2. The third kappa shape index (κ3) is 1.77. The van der Waals surface area contributed by atoms with Crippen molar-refractivity contribution in [1.29, 1.82) is 0 Å². The second kappa shape index (κ2) is 3.53. The molecule has 0 saturated heterocycles. The molecule has 13 heavy (non-hydrogen) atoms. The van der Waals surface area contributed by atoms with Gasteiger partial charge in [-0.25, -0.2) is 9.97 Å². The molecule has 0 aromatic carbocycles. The average Bonchev–Trinajstić information content (AvgIpc) is 2.75. The molecule has 2 aromatic rings. The molecule has 3 nitrogen and oxygen atoms in total. The monoisotopic (exact) mass is 212 g/mol. The number of thiazole rings is 2. The van der Waals surface area contributed by atoms with Crippen LogP contribution in [-0.2, 0) is 0 Å². The summed E-state index contributed by atoms with van der Waals surface area (Å²) < 4.78 is 0. The Bertz CT molecular complexity index is 381. The van der Waals surface area contributed by atoms with Crippen molar-refractivity contribution in [1.82, 2.24) is 9.97 Å². The summed E-state index contributed by atoms with van der Waals surface area (Å²) in [5.41, 5.74) is 0.857. The van der Waals surface area contributed by atoms with E-state index in [2.05, 4.69) is 9.97 Å². The molecule has 0 radical (unpaired) electrons. The number of aliphatic hydroxyl groups is 1. The first-order valence-corrected chi connectivity index (χ1v) is 5.56. The highest BCUT2D eigenvalue weighted by Crippen LogP contribution is 2.26. The van der Waals surface area contributed by atoms with E-state index in [9.17, 15) is 5.11 Å². The highest BCUT2D eigenvalue weighted by molar-refractivity contribution is 7.14. The van der Waals surface area contributed by atoms with Gasteiger partial charge in [0.2, 0.25) is 0 Å². The Hall–Kier alpha value is -0.780. The smallest absolute Gasteiger partial charge is 0.142 e. The zero-order chi connectivity index (χ0) is 9.26. The summed E-state index contributed by atoms with van der Waals surface area (Å²) in [6, 6.07) is 0. The molecular weight excluding hydrogens is 204 g/mol. The molecule has 68 valence electrons. The van der Waals surface area contributed by atoms with Gasteiger partial charge >= 0.3 is 0 Å². The normalized spacial score (nSPS) is 13.1. The quantitative estimate of drug-likeness (QED) is 0.831. The largest absolute Gasteiger partial charge is 0.386 e. The van der Waals surface area contributed by atoms with E-state index in [1.54, 1.807) is 24.5 Å². The van der Waals surface area contributed by atoms with Gasteiger partial charge < -0.3 is 5.11 Å². The molecule has 0 fully saturated rings. The van der Waals surface area contributed by atoms with Crippen LogP contribution in [0.25, 0.3) is 10.7 Å². The Morgan fingerprint density at radius 1 is 1.46 bits per heavy atom. The van der Waals surface area contributed by atoms with Gasteiger partial charge in [-0.05, 0) is 6.92 Å². The summed E-state index contributed by atoms with van der Waals surface area (Å²) in [6.45, 7) is 1.71. The fraction of sp³-hybridized carbons (Fsp3) is 0.250. The number of rotatable bonds is 2. The number of aliphatic hydroxyl groups excluding tert-OH is 1. The molecule has 0 bridgehead atoms. The molecule has 5 heteroatoms. The van der Waals surface area contributed by atoms with Crippen LogP contribution in [0.1, 0.15) is 18.0 Å². The minimum Gasteiger partial charge on any atom is -0.386 e. The van der Waals surface area contributed by atoms with E-state index in [0.29, 0.717) is 0 Å². The first-order chi connectivity index (χ1) is 6.27. The van der Waals surface area contributed by atoms with Crippen molar-refractivity contribution < 1.29 is 5.11 Å². The number of hydrogen-bond donors (Lipinski definition) is 1. The molecule has 1 atom stereocenters. The zero-order valence-corrected chi connectivity index (χ0v) is 8.60. The van der Waals surface area contributed by atoms with Crippen LogP contribution in [0.3, 0.4) is 0 Å². The van der Waals surface area contributed by atoms with Crippen molar-refractivity contribution in [3.63, 3.8) is 0 Å². The number of hydrogen-bond acceptors (Lipinski definition) is 5. The van der Waals surface area contributed by atoms with E-state index in [1.807, 2.05) is 10.8 Å². The fourth-order valence-corrected chi connectivity index (χ4v) is 2.34. The molecule has 0 saturated carbocycles. The van der Waals surface area contributed by atoms with E-state index in [0.717, 1.165) is 15.7 Å². The van der Waals surface area contributed by atoms with Gasteiger partial charge in [0.05, 0.1) is 0 Å². The summed E-state index contributed by atoms with van der Waals surface area (Å²) in [5.74, 6) is 0. The van der Waals surface area contributed by atoms with Gasteiger partial charge in [0, 0.05) is 17.0 Å². The van der Waals surface area contributed by atoms with E-state index in [1.165, 1.54) is 11.3 Å². The van der Waals surface area contributed by atoms with E-state index >= 15 is 0 Å². The van der Waals surface area contributed by atoms with Crippen molar-refractivity contribution in [3.05, 3.63) is 22.0 Å². The second-order valence-corrected chi connectivity index (χ2v) is 4.37. The Balaban J connectivity index is 2.33. The highest BCUT2D eigenvalue weighted by Gasteiger charge is 2.09. The van der Waals surface area contributed by atoms with Gasteiger partial charge in [-0.1, -0.05) is 0 Å². The lowest BCUT2D eigenvalue weighted by molar-refractivity contribution is 0.199. The van der Waals surface area contributed by atoms with Crippen LogP contribution in [0.5, 0.6) is 0 Å². The maximum atomic E-state index is 9.27. The van der Waals surface area contributed by atoms with Gasteiger partial charge in [0.1, 0.15) is 21.8 Å². The Labute approximate surface area is 83.7 Å². The summed E-state index contributed by atoms with van der Waals surface area (Å²) in [7, 11) is 0. The SMILES string of the molecule is CC(O)c1nc(-c2nccs2)cs1. The molecule has 2 aromatic heterocycles. The van der Waals surface area contributed by atoms with Crippen molar-refractivity contribution in [3.8, 4) is 10.7 Å². The lowest BCUT2D eigenvalue weighted by Crippen LogP contribution is -1.88. The Morgan fingerprint density at radius 3 is 2.85 bits per heavy atom. The fourth-order valence-electron chi connectivity index (χ4n) is 0.928. The van der Waals surface area contributed by atoms with Crippen LogP contribution in [-0.4, -0.2) is 15.1 Å². The Morgan fingerprint density at radius 2 is 2.31 bits per heavy atom. The lowest BCUT2D eigenvalue weighted by Gasteiger charge is -1.94. The van der Waals surface area contributed by atoms with Crippen molar-refractivity contribution in [2.24, 2.45) is 0 Å². The third-order valence-electron chi connectivity index (χ3n) is 1.53. The van der Waals surface area contributed by atoms with Crippen LogP contribution in [0.15, 0.2) is 17.0 Å². The predicted molar refractivity (Wildman–Crippen MR) is 53.9 cm³/mol. The van der Waals surface area contributed by atoms with E-state index in [-0.39, 0.29) is 0 Å². The van der Waals surface area contributed by atoms with Gasteiger partial charge in [-0.15, -0.1) is 22.7 Å². The van der Waals surface area contributed by atoms with Gasteiger partial charge in [0.25, 0.3) is 0 Å². The van der Waals surface area contributed by atoms with Crippen LogP contribution in [0.2, 0.25) is 0 Å². The molecule has 2 heterocycles. The van der Waals surface area contributed by atoms with Crippen LogP contribution >= 0.6 is 22.7 Å². The summed E-state index contributed by atoms with van der Waals surface area (Å²) in [4.78, 5) is 8.41. The molecule has 0 aliphatic rings. The second-order valence-electron chi connectivity index (χ2n) is 2.58. The molecule has 0 spiro atoms. The van der Waals surface area contributed by atoms with Crippen molar-refractivity contribution in [2.75, 3.05) is 0 Å². The average molecular weight is 212 g/mol. The molecule has 0 amide bonds. The van der Waals surface area contributed by atoms with Crippen LogP contribution in [0, 0.1) is 0 Å². The predicted octanol–water partition coefficient (Wildman–Crippen LogP) is 2.32. The highest BCUT2D eigenvalue weighted by atomic mass is 32.1. The maximum Gasteiger partial charge on any atom is 0.142 e. The van der Waals surface area contributed by atoms with Gasteiger partial charge in [0.15, 0.2) is 0 Å². The van der Waals surface area contributed by atoms with Crippen LogP contribution in [0.4, 0.5) is 0 Å². The van der Waals surface area contributed by atoms with Crippen molar-refractivity contribution in [2.45, 2.75) is 13.0 Å². The van der Waals surface area contributed by atoms with E-state index in [4.69, 9.17) is 0 Å². The topological polar surface area (TPSA) is 46.0 Å². The molecule has 0 aliphatic carbocycles. The summed E-state index contributed by atoms with van der Waals surface area (Å²) in [5, 5.41) is 14.7. The van der Waals surface area contributed by atoms with Crippen LogP contribution < -0.4 is 0 Å². The maximum absolute atomic E-state index is 9.27. The molecule has 1 unspecified atom stereocenters. The van der Waals surface area contributed by atoms with Crippen molar-refractivity contribution >= 4 is 22.7 Å². The Kier molecular flexibility index (Phi) is 2.39.